The van der Waals surface area contributed by atoms with Gasteiger partial charge in [-0.05, 0) is 70.2 Å². The Morgan fingerprint density at radius 1 is 1.35 bits per heavy atom. The monoisotopic (exact) mass is 276 g/mol. The van der Waals surface area contributed by atoms with E-state index in [1.807, 2.05) is 13.0 Å². The normalized spacial score (nSPS) is 17.6. The molecule has 0 atom stereocenters. The van der Waals surface area contributed by atoms with E-state index >= 15 is 0 Å². The smallest absolute Gasteiger partial charge is 0.335 e. The molecule has 1 heterocycles. The number of piperidine rings is 1. The number of carboxylic acid groups (broad SMARTS) is 1. The number of carboxylic acids is 1. The fourth-order valence-electron chi connectivity index (χ4n) is 2.84. The number of aromatic carboxylic acids is 1. The molecule has 20 heavy (non-hydrogen) atoms. The van der Waals surface area contributed by atoms with Crippen molar-refractivity contribution in [3.63, 3.8) is 0 Å². The molecule has 4 heteroatoms. The number of carbonyl (C=O) groups is 1. The molecule has 1 aliphatic rings. The lowest BCUT2D eigenvalue weighted by atomic mass is 10.0. The molecule has 0 aliphatic carbocycles. The fourth-order valence-corrected chi connectivity index (χ4v) is 2.84. The zero-order valence-electron chi connectivity index (χ0n) is 12.6. The van der Waals surface area contributed by atoms with E-state index in [1.165, 1.54) is 18.4 Å². The Morgan fingerprint density at radius 2 is 2.00 bits per heavy atom. The Labute approximate surface area is 121 Å². The second kappa shape index (κ2) is 6.37. The van der Waals surface area contributed by atoms with Crippen molar-refractivity contribution in [2.45, 2.75) is 32.4 Å². The van der Waals surface area contributed by atoms with Crippen molar-refractivity contribution in [2.75, 3.05) is 27.2 Å². The SMILES string of the molecule is Cc1cc(C(=O)O)ccc1CN1CCC(N(C)C)CC1. The first-order valence-corrected chi connectivity index (χ1v) is 7.19. The summed E-state index contributed by atoms with van der Waals surface area (Å²) in [5.74, 6) is -0.855. The van der Waals surface area contributed by atoms with Gasteiger partial charge in [0.25, 0.3) is 0 Å². The van der Waals surface area contributed by atoms with Crippen LogP contribution in [0.3, 0.4) is 0 Å². The van der Waals surface area contributed by atoms with Crippen LogP contribution in [-0.2, 0) is 6.54 Å². The average Bonchev–Trinajstić information content (AvgIpc) is 2.41. The van der Waals surface area contributed by atoms with Crippen LogP contribution in [0.15, 0.2) is 18.2 Å². The maximum Gasteiger partial charge on any atom is 0.335 e. The third-order valence-electron chi connectivity index (χ3n) is 4.27. The minimum Gasteiger partial charge on any atom is -0.478 e. The maximum atomic E-state index is 10.9. The van der Waals surface area contributed by atoms with Crippen LogP contribution in [-0.4, -0.2) is 54.1 Å². The second-order valence-corrected chi connectivity index (χ2v) is 5.92. The van der Waals surface area contributed by atoms with Crippen molar-refractivity contribution < 1.29 is 9.90 Å². The quantitative estimate of drug-likeness (QED) is 0.916. The average molecular weight is 276 g/mol. The van der Waals surface area contributed by atoms with E-state index in [1.54, 1.807) is 12.1 Å². The highest BCUT2D eigenvalue weighted by Gasteiger charge is 2.20. The summed E-state index contributed by atoms with van der Waals surface area (Å²) >= 11 is 0. The number of benzene rings is 1. The molecule has 0 unspecified atom stereocenters. The van der Waals surface area contributed by atoms with Gasteiger partial charge in [-0.2, -0.15) is 0 Å². The molecule has 0 radical (unpaired) electrons. The molecule has 0 amide bonds. The van der Waals surface area contributed by atoms with E-state index in [0.29, 0.717) is 11.6 Å². The van der Waals surface area contributed by atoms with Crippen molar-refractivity contribution >= 4 is 5.97 Å². The number of aryl methyl sites for hydroxylation is 1. The molecule has 1 aromatic carbocycles. The summed E-state index contributed by atoms with van der Waals surface area (Å²) < 4.78 is 0. The maximum absolute atomic E-state index is 10.9. The largest absolute Gasteiger partial charge is 0.478 e. The molecule has 0 aromatic heterocycles. The molecular formula is C16H24N2O2. The third-order valence-corrected chi connectivity index (χ3v) is 4.27. The Balaban J connectivity index is 1.96. The topological polar surface area (TPSA) is 43.8 Å². The van der Waals surface area contributed by atoms with E-state index in [2.05, 4.69) is 23.9 Å². The van der Waals surface area contributed by atoms with Gasteiger partial charge in [0.2, 0.25) is 0 Å². The molecule has 1 aliphatic heterocycles. The fraction of sp³-hybridized carbons (Fsp3) is 0.562. The zero-order valence-corrected chi connectivity index (χ0v) is 12.6. The number of hydrogen-bond donors (Lipinski definition) is 1. The summed E-state index contributed by atoms with van der Waals surface area (Å²) in [6.07, 6.45) is 2.42. The summed E-state index contributed by atoms with van der Waals surface area (Å²) in [6.45, 7) is 5.15. The summed E-state index contributed by atoms with van der Waals surface area (Å²) in [5, 5.41) is 8.99. The van der Waals surface area contributed by atoms with Crippen LogP contribution in [0.25, 0.3) is 0 Å². The Hall–Kier alpha value is -1.39. The Bertz CT molecular complexity index is 477. The van der Waals surface area contributed by atoms with Gasteiger partial charge in [0, 0.05) is 12.6 Å². The van der Waals surface area contributed by atoms with Gasteiger partial charge in [0.15, 0.2) is 0 Å². The van der Waals surface area contributed by atoms with E-state index < -0.39 is 5.97 Å². The number of rotatable bonds is 4. The number of nitrogens with zero attached hydrogens (tertiary/aromatic N) is 2. The standard InChI is InChI=1S/C16H24N2O2/c1-12-10-13(16(19)20)4-5-14(12)11-18-8-6-15(7-9-18)17(2)3/h4-5,10,15H,6-9,11H2,1-3H3,(H,19,20). The first kappa shape index (κ1) is 15.0. The van der Waals surface area contributed by atoms with Crippen LogP contribution >= 0.6 is 0 Å². The van der Waals surface area contributed by atoms with Crippen molar-refractivity contribution in [1.82, 2.24) is 9.80 Å². The Kier molecular flexibility index (Phi) is 4.78. The van der Waals surface area contributed by atoms with Gasteiger partial charge in [-0.3, -0.25) is 4.90 Å². The molecule has 2 rings (SSSR count). The van der Waals surface area contributed by atoms with E-state index in [9.17, 15) is 4.79 Å². The van der Waals surface area contributed by atoms with Gasteiger partial charge in [-0.1, -0.05) is 6.07 Å². The van der Waals surface area contributed by atoms with Crippen molar-refractivity contribution in [2.24, 2.45) is 0 Å². The molecule has 1 fully saturated rings. The second-order valence-electron chi connectivity index (χ2n) is 5.92. The highest BCUT2D eigenvalue weighted by Crippen LogP contribution is 2.19. The van der Waals surface area contributed by atoms with Crippen LogP contribution in [0.4, 0.5) is 0 Å². The predicted molar refractivity (Wildman–Crippen MR) is 80.1 cm³/mol. The van der Waals surface area contributed by atoms with E-state index in [-0.39, 0.29) is 0 Å². The van der Waals surface area contributed by atoms with Crippen molar-refractivity contribution in [3.8, 4) is 0 Å². The molecular weight excluding hydrogens is 252 g/mol. The summed E-state index contributed by atoms with van der Waals surface area (Å²) in [5.41, 5.74) is 2.68. The molecule has 0 saturated carbocycles. The summed E-state index contributed by atoms with van der Waals surface area (Å²) in [6, 6.07) is 6.12. The molecule has 0 bridgehead atoms. The molecule has 1 N–H and O–H groups in total. The zero-order chi connectivity index (χ0) is 14.7. The highest BCUT2D eigenvalue weighted by atomic mass is 16.4. The van der Waals surface area contributed by atoms with Crippen LogP contribution in [0, 0.1) is 6.92 Å². The first-order valence-electron chi connectivity index (χ1n) is 7.19. The van der Waals surface area contributed by atoms with Crippen LogP contribution in [0.2, 0.25) is 0 Å². The van der Waals surface area contributed by atoms with Crippen LogP contribution in [0.1, 0.15) is 34.3 Å². The molecule has 4 nitrogen and oxygen atoms in total. The lowest BCUT2D eigenvalue weighted by Crippen LogP contribution is -2.41. The van der Waals surface area contributed by atoms with Gasteiger partial charge in [-0.15, -0.1) is 0 Å². The predicted octanol–water partition coefficient (Wildman–Crippen LogP) is 2.22. The minimum atomic E-state index is -0.855. The first-order chi connectivity index (χ1) is 9.47. The summed E-state index contributed by atoms with van der Waals surface area (Å²) in [7, 11) is 4.30. The lowest BCUT2D eigenvalue weighted by molar-refractivity contribution is 0.0696. The Morgan fingerprint density at radius 3 is 2.50 bits per heavy atom. The van der Waals surface area contributed by atoms with Crippen LogP contribution in [0.5, 0.6) is 0 Å². The number of hydrogen-bond acceptors (Lipinski definition) is 3. The van der Waals surface area contributed by atoms with E-state index in [4.69, 9.17) is 5.11 Å². The molecule has 110 valence electrons. The molecule has 0 spiro atoms. The number of likely N-dealkylation sites (tertiary alicyclic amines) is 1. The molecule has 1 aromatic rings. The highest BCUT2D eigenvalue weighted by molar-refractivity contribution is 5.87. The van der Waals surface area contributed by atoms with Gasteiger partial charge in [-0.25, -0.2) is 4.79 Å². The van der Waals surface area contributed by atoms with E-state index in [0.717, 1.165) is 25.2 Å². The summed E-state index contributed by atoms with van der Waals surface area (Å²) in [4.78, 5) is 15.7. The molecule has 1 saturated heterocycles. The van der Waals surface area contributed by atoms with Crippen LogP contribution < -0.4 is 0 Å². The lowest BCUT2D eigenvalue weighted by Gasteiger charge is -2.35. The van der Waals surface area contributed by atoms with Gasteiger partial charge < -0.3 is 10.0 Å². The van der Waals surface area contributed by atoms with Crippen molar-refractivity contribution in [3.05, 3.63) is 34.9 Å². The van der Waals surface area contributed by atoms with Crippen molar-refractivity contribution in [1.29, 1.82) is 0 Å². The minimum absolute atomic E-state index is 0.373. The third kappa shape index (κ3) is 3.58. The van der Waals surface area contributed by atoms with Gasteiger partial charge in [0.05, 0.1) is 5.56 Å². The van der Waals surface area contributed by atoms with Gasteiger partial charge in [0.1, 0.15) is 0 Å². The van der Waals surface area contributed by atoms with Gasteiger partial charge >= 0.3 is 5.97 Å².